The van der Waals surface area contributed by atoms with Crippen molar-refractivity contribution in [2.45, 2.75) is 26.4 Å². The van der Waals surface area contributed by atoms with Crippen molar-refractivity contribution in [2.24, 2.45) is 0 Å². The molecular weight excluding hydrogens is 376 g/mol. The van der Waals surface area contributed by atoms with E-state index < -0.39 is 6.10 Å². The SMILES string of the molecule is Cc1ccccc1C(=O)Nc1ccc2c(c1)N(CCc1ccccc1)C(=O)C(C)O2. The highest BCUT2D eigenvalue weighted by molar-refractivity contribution is 6.06. The van der Waals surface area contributed by atoms with Crippen molar-refractivity contribution in [3.8, 4) is 5.75 Å². The molecule has 3 aromatic rings. The van der Waals surface area contributed by atoms with Crippen LogP contribution in [0.2, 0.25) is 0 Å². The predicted octanol–water partition coefficient (Wildman–Crippen LogP) is 4.60. The summed E-state index contributed by atoms with van der Waals surface area (Å²) in [6.45, 7) is 4.20. The number of anilines is 2. The van der Waals surface area contributed by atoms with E-state index >= 15 is 0 Å². The fraction of sp³-hybridized carbons (Fsp3) is 0.200. The average Bonchev–Trinajstić information content (AvgIpc) is 2.75. The van der Waals surface area contributed by atoms with Crippen LogP contribution in [0.1, 0.15) is 28.4 Å². The Morgan fingerprint density at radius 1 is 1.03 bits per heavy atom. The van der Waals surface area contributed by atoms with Gasteiger partial charge in [0.25, 0.3) is 11.8 Å². The van der Waals surface area contributed by atoms with Gasteiger partial charge in [0, 0.05) is 17.8 Å². The maximum atomic E-state index is 12.8. The fourth-order valence-electron chi connectivity index (χ4n) is 3.63. The zero-order valence-electron chi connectivity index (χ0n) is 17.1. The Morgan fingerprint density at radius 2 is 1.77 bits per heavy atom. The van der Waals surface area contributed by atoms with Gasteiger partial charge in [0.2, 0.25) is 0 Å². The molecule has 4 rings (SSSR count). The third-order valence-electron chi connectivity index (χ3n) is 5.28. The summed E-state index contributed by atoms with van der Waals surface area (Å²) in [7, 11) is 0. The monoisotopic (exact) mass is 400 g/mol. The van der Waals surface area contributed by atoms with Crippen molar-refractivity contribution in [2.75, 3.05) is 16.8 Å². The largest absolute Gasteiger partial charge is 0.479 e. The summed E-state index contributed by atoms with van der Waals surface area (Å²) in [6, 6.07) is 22.9. The van der Waals surface area contributed by atoms with Crippen LogP contribution in [0.5, 0.6) is 5.75 Å². The van der Waals surface area contributed by atoms with Crippen LogP contribution in [0.3, 0.4) is 0 Å². The number of hydrogen-bond donors (Lipinski definition) is 1. The molecule has 0 saturated carbocycles. The van der Waals surface area contributed by atoms with Crippen LogP contribution in [0.25, 0.3) is 0 Å². The predicted molar refractivity (Wildman–Crippen MR) is 118 cm³/mol. The van der Waals surface area contributed by atoms with Crippen molar-refractivity contribution in [3.05, 3.63) is 89.5 Å². The maximum Gasteiger partial charge on any atom is 0.267 e. The lowest BCUT2D eigenvalue weighted by molar-refractivity contribution is -0.125. The number of carbonyl (C=O) groups excluding carboxylic acids is 2. The molecule has 1 N–H and O–H groups in total. The van der Waals surface area contributed by atoms with E-state index in [0.29, 0.717) is 29.2 Å². The maximum absolute atomic E-state index is 12.8. The number of rotatable bonds is 5. The number of nitrogens with zero attached hydrogens (tertiary/aromatic N) is 1. The quantitative estimate of drug-likeness (QED) is 0.681. The molecule has 0 bridgehead atoms. The molecule has 5 heteroatoms. The summed E-state index contributed by atoms with van der Waals surface area (Å²) < 4.78 is 5.79. The van der Waals surface area contributed by atoms with Crippen molar-refractivity contribution < 1.29 is 14.3 Å². The molecule has 0 spiro atoms. The van der Waals surface area contributed by atoms with E-state index in [9.17, 15) is 9.59 Å². The molecule has 1 heterocycles. The number of ether oxygens (including phenoxy) is 1. The molecule has 0 aliphatic carbocycles. The van der Waals surface area contributed by atoms with Gasteiger partial charge in [-0.25, -0.2) is 0 Å². The van der Waals surface area contributed by atoms with Gasteiger partial charge in [0.15, 0.2) is 6.10 Å². The molecule has 0 radical (unpaired) electrons. The Hall–Kier alpha value is -3.60. The lowest BCUT2D eigenvalue weighted by Crippen LogP contribution is -2.45. The number of carbonyl (C=O) groups is 2. The van der Waals surface area contributed by atoms with E-state index in [4.69, 9.17) is 4.74 Å². The number of aryl methyl sites for hydroxylation is 1. The highest BCUT2D eigenvalue weighted by Gasteiger charge is 2.31. The second kappa shape index (κ2) is 8.41. The molecule has 3 aromatic carbocycles. The van der Waals surface area contributed by atoms with E-state index in [-0.39, 0.29) is 11.8 Å². The van der Waals surface area contributed by atoms with Crippen LogP contribution in [0.15, 0.2) is 72.8 Å². The molecule has 1 unspecified atom stereocenters. The molecule has 0 fully saturated rings. The summed E-state index contributed by atoms with van der Waals surface area (Å²) >= 11 is 0. The number of nitrogens with one attached hydrogen (secondary N) is 1. The first-order chi connectivity index (χ1) is 14.5. The Labute approximate surface area is 176 Å². The zero-order valence-corrected chi connectivity index (χ0v) is 17.1. The van der Waals surface area contributed by atoms with Gasteiger partial charge in [-0.05, 0) is 55.7 Å². The van der Waals surface area contributed by atoms with Crippen LogP contribution < -0.4 is 15.0 Å². The van der Waals surface area contributed by atoms with Gasteiger partial charge in [0.05, 0.1) is 5.69 Å². The van der Waals surface area contributed by atoms with Gasteiger partial charge in [-0.1, -0.05) is 48.5 Å². The topological polar surface area (TPSA) is 58.6 Å². The Morgan fingerprint density at radius 3 is 2.53 bits per heavy atom. The van der Waals surface area contributed by atoms with E-state index in [2.05, 4.69) is 5.32 Å². The van der Waals surface area contributed by atoms with Crippen LogP contribution in [0, 0.1) is 6.92 Å². The molecule has 30 heavy (non-hydrogen) atoms. The first-order valence-corrected chi connectivity index (χ1v) is 10.1. The van der Waals surface area contributed by atoms with Crippen molar-refractivity contribution in [3.63, 3.8) is 0 Å². The summed E-state index contributed by atoms with van der Waals surface area (Å²) in [5, 5.41) is 2.94. The van der Waals surface area contributed by atoms with Gasteiger partial charge in [-0.15, -0.1) is 0 Å². The summed E-state index contributed by atoms with van der Waals surface area (Å²) in [5.74, 6) is 0.380. The molecule has 2 amide bonds. The van der Waals surface area contributed by atoms with Gasteiger partial charge >= 0.3 is 0 Å². The van der Waals surface area contributed by atoms with Crippen LogP contribution in [0.4, 0.5) is 11.4 Å². The van der Waals surface area contributed by atoms with E-state index in [1.807, 2.05) is 55.5 Å². The number of fused-ring (bicyclic) bond motifs is 1. The first kappa shape index (κ1) is 19.7. The van der Waals surface area contributed by atoms with Gasteiger partial charge in [-0.2, -0.15) is 0 Å². The van der Waals surface area contributed by atoms with E-state index in [1.165, 1.54) is 0 Å². The van der Waals surface area contributed by atoms with E-state index in [1.54, 1.807) is 36.1 Å². The second-order valence-electron chi connectivity index (χ2n) is 7.44. The minimum Gasteiger partial charge on any atom is -0.479 e. The Bertz CT molecular complexity index is 1080. The number of hydrogen-bond acceptors (Lipinski definition) is 3. The molecular formula is C25H24N2O3. The Balaban J connectivity index is 1.58. The number of benzene rings is 3. The number of amides is 2. The van der Waals surface area contributed by atoms with Crippen LogP contribution in [-0.4, -0.2) is 24.5 Å². The minimum absolute atomic E-state index is 0.0826. The first-order valence-electron chi connectivity index (χ1n) is 10.1. The second-order valence-corrected chi connectivity index (χ2v) is 7.44. The average molecular weight is 400 g/mol. The molecule has 5 nitrogen and oxygen atoms in total. The standard InChI is InChI=1S/C25H24N2O3/c1-17-8-6-7-11-21(17)24(28)26-20-12-13-23-22(16-20)27(25(29)18(2)30-23)15-14-19-9-4-3-5-10-19/h3-13,16,18H,14-15H2,1-2H3,(H,26,28). The van der Waals surface area contributed by atoms with Crippen molar-refractivity contribution in [1.82, 2.24) is 0 Å². The summed E-state index contributed by atoms with van der Waals surface area (Å²) in [6.07, 6.45) is 0.194. The van der Waals surface area contributed by atoms with E-state index in [0.717, 1.165) is 17.5 Å². The van der Waals surface area contributed by atoms with Crippen LogP contribution >= 0.6 is 0 Å². The van der Waals surface area contributed by atoms with Gasteiger partial charge in [-0.3, -0.25) is 9.59 Å². The van der Waals surface area contributed by atoms with Gasteiger partial charge < -0.3 is 15.0 Å². The summed E-state index contributed by atoms with van der Waals surface area (Å²) in [5.41, 5.74) is 3.99. The van der Waals surface area contributed by atoms with Crippen LogP contribution in [-0.2, 0) is 11.2 Å². The molecule has 0 aromatic heterocycles. The molecule has 1 atom stereocenters. The van der Waals surface area contributed by atoms with Gasteiger partial charge in [0.1, 0.15) is 5.75 Å². The third kappa shape index (κ3) is 4.06. The summed E-state index contributed by atoms with van der Waals surface area (Å²) in [4.78, 5) is 27.3. The third-order valence-corrected chi connectivity index (χ3v) is 5.28. The molecule has 1 aliphatic heterocycles. The molecule has 152 valence electrons. The highest BCUT2D eigenvalue weighted by Crippen LogP contribution is 2.36. The molecule has 0 saturated heterocycles. The molecule has 1 aliphatic rings. The smallest absolute Gasteiger partial charge is 0.267 e. The fourth-order valence-corrected chi connectivity index (χ4v) is 3.63. The Kier molecular flexibility index (Phi) is 5.53. The lowest BCUT2D eigenvalue weighted by Gasteiger charge is -2.33. The van der Waals surface area contributed by atoms with Crippen molar-refractivity contribution >= 4 is 23.2 Å². The van der Waals surface area contributed by atoms with Crippen molar-refractivity contribution in [1.29, 1.82) is 0 Å². The zero-order chi connectivity index (χ0) is 21.1. The minimum atomic E-state index is -0.541. The highest BCUT2D eigenvalue weighted by atomic mass is 16.5. The lowest BCUT2D eigenvalue weighted by atomic mass is 10.1. The normalized spacial score (nSPS) is 15.3.